The van der Waals surface area contributed by atoms with Crippen LogP contribution in [0.2, 0.25) is 0 Å². The van der Waals surface area contributed by atoms with Gasteiger partial charge in [0.05, 0.1) is 37.4 Å². The highest BCUT2D eigenvalue weighted by molar-refractivity contribution is 7.18. The molecule has 2 fully saturated rings. The van der Waals surface area contributed by atoms with Crippen LogP contribution in [0.4, 0.5) is 19.0 Å². The minimum Gasteiger partial charge on any atom is -0.394 e. The Balaban J connectivity index is 1.32. The van der Waals surface area contributed by atoms with E-state index in [1.165, 1.54) is 4.88 Å². The Labute approximate surface area is 233 Å². The maximum atomic E-state index is 13.4. The molecule has 14 heteroatoms. The second-order valence-electron chi connectivity index (χ2n) is 11.1. The third-order valence-corrected chi connectivity index (χ3v) is 8.76. The third kappa shape index (κ3) is 5.20. The van der Waals surface area contributed by atoms with Gasteiger partial charge in [-0.15, -0.1) is 21.5 Å². The predicted octanol–water partition coefficient (Wildman–Crippen LogP) is 3.73. The molecule has 3 aliphatic rings. The molecule has 10 nitrogen and oxygen atoms in total. The summed E-state index contributed by atoms with van der Waals surface area (Å²) in [6.45, 7) is 6.66. The van der Waals surface area contributed by atoms with Crippen LogP contribution in [0.25, 0.3) is 10.2 Å². The van der Waals surface area contributed by atoms with Crippen LogP contribution >= 0.6 is 11.3 Å². The molecular weight excluding hydrogens is 549 g/mol. The zero-order chi connectivity index (χ0) is 28.2. The SMILES string of the molecule is CCCc1cc2c(N3CCn4c(nnc4C(F)(F)F)C3)nc(C[C@@H]3C[C@H](OCCO)[C@H]4OC(C)(C)O[C@@H]34)nc2s1. The number of aliphatic hydroxyl groups excluding tert-OH is 1. The molecule has 5 heterocycles. The maximum absolute atomic E-state index is 13.4. The standard InChI is InChI=1S/C26H33F3N6O4S/c1-4-5-15-12-16-22(34-6-7-35-19(13-34)32-33-24(35)26(27,28)29)30-18(31-23(16)40-15)11-14-10-17(37-9-8-36)21-20(14)38-25(2,3)39-21/h12,14,17,20-21,36H,4-11,13H2,1-3H3/t14-,17-,20-,21+/m0/s1. The quantitative estimate of drug-likeness (QED) is 0.425. The summed E-state index contributed by atoms with van der Waals surface area (Å²) in [6.07, 6.45) is -2.09. The van der Waals surface area contributed by atoms with Gasteiger partial charge in [-0.25, -0.2) is 9.97 Å². The molecule has 0 bridgehead atoms. The second kappa shape index (κ2) is 10.5. The van der Waals surface area contributed by atoms with Gasteiger partial charge in [0.2, 0.25) is 5.82 Å². The highest BCUT2D eigenvalue weighted by Crippen LogP contribution is 2.44. The van der Waals surface area contributed by atoms with Crippen LogP contribution in [0.1, 0.15) is 56.0 Å². The number of thiophene rings is 1. The molecule has 3 aromatic heterocycles. The van der Waals surface area contributed by atoms with Crippen molar-refractivity contribution >= 4 is 27.4 Å². The largest absolute Gasteiger partial charge is 0.451 e. The lowest BCUT2D eigenvalue weighted by Gasteiger charge is -2.29. The van der Waals surface area contributed by atoms with Crippen LogP contribution in [0, 0.1) is 5.92 Å². The average Bonchev–Trinajstić information content (AvgIpc) is 3.64. The molecule has 0 spiro atoms. The molecule has 3 aromatic rings. The van der Waals surface area contributed by atoms with Gasteiger partial charge in [0, 0.05) is 24.4 Å². The van der Waals surface area contributed by atoms with Crippen LogP contribution in [0.15, 0.2) is 6.07 Å². The van der Waals surface area contributed by atoms with Crippen LogP contribution in [0.5, 0.6) is 0 Å². The number of anilines is 1. The first-order chi connectivity index (χ1) is 19.1. The molecule has 0 amide bonds. The smallest absolute Gasteiger partial charge is 0.394 e. The van der Waals surface area contributed by atoms with E-state index >= 15 is 0 Å². The lowest BCUT2D eigenvalue weighted by molar-refractivity contribution is -0.171. The molecule has 0 aromatic carbocycles. The van der Waals surface area contributed by atoms with E-state index in [2.05, 4.69) is 23.2 Å². The summed E-state index contributed by atoms with van der Waals surface area (Å²) < 4.78 is 59.7. The molecule has 1 saturated heterocycles. The Morgan fingerprint density at radius 1 is 1.18 bits per heavy atom. The molecule has 0 radical (unpaired) electrons. The molecular formula is C26H33F3N6O4S. The zero-order valence-electron chi connectivity index (χ0n) is 22.6. The van der Waals surface area contributed by atoms with Crippen LogP contribution in [-0.4, -0.2) is 73.7 Å². The van der Waals surface area contributed by atoms with Crippen molar-refractivity contribution in [3.05, 3.63) is 28.4 Å². The van der Waals surface area contributed by atoms with E-state index in [1.807, 2.05) is 18.7 Å². The van der Waals surface area contributed by atoms with Crippen molar-refractivity contribution in [2.75, 3.05) is 24.7 Å². The Bertz CT molecular complexity index is 1380. The number of hydrogen-bond donors (Lipinski definition) is 1. The summed E-state index contributed by atoms with van der Waals surface area (Å²) in [4.78, 5) is 14.0. The van der Waals surface area contributed by atoms with Gasteiger partial charge in [0.15, 0.2) is 11.6 Å². The van der Waals surface area contributed by atoms with Crippen LogP contribution in [0.3, 0.4) is 0 Å². The number of alkyl halides is 3. The van der Waals surface area contributed by atoms with Crippen molar-refractivity contribution < 1.29 is 32.5 Å². The van der Waals surface area contributed by atoms with Crippen molar-refractivity contribution in [3.63, 3.8) is 0 Å². The van der Waals surface area contributed by atoms with E-state index in [1.54, 1.807) is 11.3 Å². The normalized spacial score (nSPS) is 26.0. The summed E-state index contributed by atoms with van der Waals surface area (Å²) in [5.41, 5.74) is 0. The Kier molecular flexibility index (Phi) is 7.26. The topological polar surface area (TPSA) is 108 Å². The van der Waals surface area contributed by atoms with E-state index in [0.717, 1.165) is 27.6 Å². The molecule has 1 saturated carbocycles. The van der Waals surface area contributed by atoms with Crippen LogP contribution < -0.4 is 4.90 Å². The number of nitrogens with zero attached hydrogens (tertiary/aromatic N) is 6. The van der Waals surface area contributed by atoms with Crippen molar-refractivity contribution in [1.29, 1.82) is 0 Å². The fourth-order valence-electron chi connectivity index (χ4n) is 6.09. The number of rotatable bonds is 8. The van der Waals surface area contributed by atoms with Crippen molar-refractivity contribution in [3.8, 4) is 0 Å². The zero-order valence-corrected chi connectivity index (χ0v) is 23.5. The first-order valence-corrected chi connectivity index (χ1v) is 14.5. The van der Waals surface area contributed by atoms with E-state index in [-0.39, 0.29) is 56.4 Å². The number of aliphatic hydroxyl groups is 1. The van der Waals surface area contributed by atoms with Gasteiger partial charge in [0.1, 0.15) is 22.6 Å². The number of ether oxygens (including phenoxy) is 3. The molecule has 4 atom stereocenters. The van der Waals surface area contributed by atoms with Crippen molar-refractivity contribution in [1.82, 2.24) is 24.7 Å². The summed E-state index contributed by atoms with van der Waals surface area (Å²) in [6, 6.07) is 2.10. The first kappa shape index (κ1) is 27.8. The number of aryl methyl sites for hydroxylation is 1. The number of halogens is 3. The van der Waals surface area contributed by atoms with Crippen LogP contribution in [-0.2, 0) is 46.3 Å². The summed E-state index contributed by atoms with van der Waals surface area (Å²) in [7, 11) is 0. The molecule has 6 rings (SSSR count). The molecule has 0 unspecified atom stereocenters. The van der Waals surface area contributed by atoms with Gasteiger partial charge in [-0.05, 0) is 38.7 Å². The molecule has 218 valence electrons. The minimum atomic E-state index is -4.55. The first-order valence-electron chi connectivity index (χ1n) is 13.7. The van der Waals surface area contributed by atoms with Gasteiger partial charge in [-0.1, -0.05) is 13.3 Å². The second-order valence-corrected chi connectivity index (χ2v) is 12.2. The lowest BCUT2D eigenvalue weighted by Crippen LogP contribution is -2.36. The highest BCUT2D eigenvalue weighted by atomic mass is 32.1. The van der Waals surface area contributed by atoms with Gasteiger partial charge < -0.3 is 28.8 Å². The molecule has 2 aliphatic heterocycles. The number of fused-ring (bicyclic) bond motifs is 3. The third-order valence-electron chi connectivity index (χ3n) is 7.67. The molecule has 40 heavy (non-hydrogen) atoms. The van der Waals surface area contributed by atoms with Crippen molar-refractivity contribution in [2.24, 2.45) is 5.92 Å². The van der Waals surface area contributed by atoms with E-state index in [9.17, 15) is 18.3 Å². The number of aromatic nitrogens is 5. The fraction of sp³-hybridized carbons (Fsp3) is 0.692. The molecule has 1 aliphatic carbocycles. The Hall–Kier alpha value is -2.39. The number of hydrogen-bond acceptors (Lipinski definition) is 10. The molecule has 1 N–H and O–H groups in total. The monoisotopic (exact) mass is 582 g/mol. The van der Waals surface area contributed by atoms with Gasteiger partial charge in [-0.2, -0.15) is 13.2 Å². The van der Waals surface area contributed by atoms with E-state index < -0.39 is 17.8 Å². The predicted molar refractivity (Wildman–Crippen MR) is 140 cm³/mol. The maximum Gasteiger partial charge on any atom is 0.451 e. The summed E-state index contributed by atoms with van der Waals surface area (Å²) >= 11 is 1.63. The highest BCUT2D eigenvalue weighted by Gasteiger charge is 2.54. The van der Waals surface area contributed by atoms with E-state index in [4.69, 9.17) is 24.2 Å². The summed E-state index contributed by atoms with van der Waals surface area (Å²) in [5, 5.41) is 17.5. The van der Waals surface area contributed by atoms with E-state index in [0.29, 0.717) is 31.0 Å². The van der Waals surface area contributed by atoms with Gasteiger partial charge >= 0.3 is 6.18 Å². The average molecular weight is 583 g/mol. The Morgan fingerprint density at radius 2 is 1.98 bits per heavy atom. The minimum absolute atomic E-state index is 0.0367. The van der Waals surface area contributed by atoms with Gasteiger partial charge in [0.25, 0.3) is 0 Å². The Morgan fingerprint density at radius 3 is 2.73 bits per heavy atom. The summed E-state index contributed by atoms with van der Waals surface area (Å²) in [5.74, 6) is -0.0611. The fourth-order valence-corrected chi connectivity index (χ4v) is 7.23. The lowest BCUT2D eigenvalue weighted by atomic mass is 10.0. The van der Waals surface area contributed by atoms with Gasteiger partial charge in [-0.3, -0.25) is 0 Å². The van der Waals surface area contributed by atoms with Crippen molar-refractivity contribution in [2.45, 2.75) is 89.8 Å².